The van der Waals surface area contributed by atoms with E-state index in [1.54, 1.807) is 7.05 Å². The monoisotopic (exact) mass is 218 g/mol. The molecule has 0 aliphatic heterocycles. The summed E-state index contributed by atoms with van der Waals surface area (Å²) in [5.41, 5.74) is 5.67. The Labute approximate surface area is 91.2 Å². The fraction of sp³-hybridized carbons (Fsp3) is 0.900. The van der Waals surface area contributed by atoms with Crippen molar-refractivity contribution in [3.05, 3.63) is 0 Å². The van der Waals surface area contributed by atoms with Crippen LogP contribution in [0.25, 0.3) is 0 Å². The highest BCUT2D eigenvalue weighted by Gasteiger charge is 2.19. The van der Waals surface area contributed by atoms with E-state index in [2.05, 4.69) is 0 Å². The van der Waals surface area contributed by atoms with E-state index in [1.165, 1.54) is 12.0 Å². The van der Waals surface area contributed by atoms with Gasteiger partial charge in [0.2, 0.25) is 5.91 Å². The summed E-state index contributed by atoms with van der Waals surface area (Å²) in [5.74, 6) is -0.132. The molecule has 5 nitrogen and oxygen atoms in total. The van der Waals surface area contributed by atoms with Gasteiger partial charge in [-0.3, -0.25) is 4.79 Å². The molecule has 90 valence electrons. The number of methoxy groups -OCH3 is 1. The van der Waals surface area contributed by atoms with Crippen molar-refractivity contribution in [3.8, 4) is 0 Å². The van der Waals surface area contributed by atoms with E-state index in [0.29, 0.717) is 6.42 Å². The predicted molar refractivity (Wildman–Crippen MR) is 58.4 cm³/mol. The molecule has 1 unspecified atom stereocenters. The smallest absolute Gasteiger partial charge is 0.239 e. The molecule has 0 aromatic rings. The zero-order chi connectivity index (χ0) is 11.8. The Bertz CT molecular complexity index is 188. The standard InChI is InChI=1S/C10H22N2O3/c1-4-5-9(11)10(14)12(2)6-8(13)7-15-3/h8-9,13H,4-7,11H2,1-3H3/t8?,9-/m1/s1. The van der Waals surface area contributed by atoms with Crippen molar-refractivity contribution in [3.63, 3.8) is 0 Å². The normalized spacial score (nSPS) is 14.7. The van der Waals surface area contributed by atoms with Crippen LogP contribution in [0.2, 0.25) is 0 Å². The van der Waals surface area contributed by atoms with E-state index < -0.39 is 12.1 Å². The Hall–Kier alpha value is -0.650. The molecule has 0 saturated heterocycles. The van der Waals surface area contributed by atoms with Crippen LogP contribution in [0.5, 0.6) is 0 Å². The minimum absolute atomic E-state index is 0.132. The summed E-state index contributed by atoms with van der Waals surface area (Å²) in [7, 11) is 3.14. The van der Waals surface area contributed by atoms with Crippen molar-refractivity contribution in [1.29, 1.82) is 0 Å². The number of aliphatic hydroxyl groups excluding tert-OH is 1. The molecular formula is C10H22N2O3. The molecule has 0 aliphatic carbocycles. The lowest BCUT2D eigenvalue weighted by Gasteiger charge is -2.23. The fourth-order valence-corrected chi connectivity index (χ4v) is 1.37. The molecular weight excluding hydrogens is 196 g/mol. The molecule has 3 N–H and O–H groups in total. The Kier molecular flexibility index (Phi) is 7.29. The predicted octanol–water partition coefficient (Wildman–Crippen LogP) is -0.420. The van der Waals surface area contributed by atoms with Gasteiger partial charge in [-0.1, -0.05) is 13.3 Å². The lowest BCUT2D eigenvalue weighted by molar-refractivity contribution is -0.133. The molecule has 5 heteroatoms. The van der Waals surface area contributed by atoms with E-state index >= 15 is 0 Å². The number of ether oxygens (including phenoxy) is 1. The number of carbonyl (C=O) groups excluding carboxylic acids is 1. The van der Waals surface area contributed by atoms with Gasteiger partial charge < -0.3 is 20.5 Å². The minimum atomic E-state index is -0.655. The van der Waals surface area contributed by atoms with Crippen LogP contribution < -0.4 is 5.73 Å². The number of rotatable bonds is 7. The van der Waals surface area contributed by atoms with E-state index in [-0.39, 0.29) is 19.1 Å². The Morgan fingerprint density at radius 2 is 2.20 bits per heavy atom. The van der Waals surface area contributed by atoms with Crippen molar-refractivity contribution >= 4 is 5.91 Å². The van der Waals surface area contributed by atoms with Crippen molar-refractivity contribution in [2.24, 2.45) is 5.73 Å². The average molecular weight is 218 g/mol. The van der Waals surface area contributed by atoms with Crippen molar-refractivity contribution in [2.45, 2.75) is 31.9 Å². The van der Waals surface area contributed by atoms with Gasteiger partial charge in [0.15, 0.2) is 0 Å². The number of likely N-dealkylation sites (N-methyl/N-ethyl adjacent to an activating group) is 1. The quantitative estimate of drug-likeness (QED) is 0.608. The minimum Gasteiger partial charge on any atom is -0.389 e. The summed E-state index contributed by atoms with van der Waals surface area (Å²) in [5, 5.41) is 9.42. The average Bonchev–Trinajstić information content (AvgIpc) is 2.17. The second-order valence-electron chi connectivity index (χ2n) is 3.72. The van der Waals surface area contributed by atoms with Gasteiger partial charge in [0.1, 0.15) is 0 Å². The van der Waals surface area contributed by atoms with Crippen LogP contribution in [0.1, 0.15) is 19.8 Å². The molecule has 0 spiro atoms. The Morgan fingerprint density at radius 3 is 2.67 bits per heavy atom. The first-order valence-electron chi connectivity index (χ1n) is 5.20. The van der Waals surface area contributed by atoms with Gasteiger partial charge >= 0.3 is 0 Å². The molecule has 1 amide bonds. The third kappa shape index (κ3) is 5.71. The number of hydrogen-bond donors (Lipinski definition) is 2. The molecule has 0 radical (unpaired) electrons. The van der Waals surface area contributed by atoms with Gasteiger partial charge in [-0.05, 0) is 6.42 Å². The molecule has 0 fully saturated rings. The zero-order valence-corrected chi connectivity index (χ0v) is 9.77. The number of amides is 1. The van der Waals surface area contributed by atoms with Gasteiger partial charge in [0.05, 0.1) is 18.8 Å². The number of aliphatic hydroxyl groups is 1. The van der Waals surface area contributed by atoms with E-state index in [4.69, 9.17) is 10.5 Å². The van der Waals surface area contributed by atoms with Gasteiger partial charge in [-0.2, -0.15) is 0 Å². The van der Waals surface area contributed by atoms with Crippen LogP contribution >= 0.6 is 0 Å². The highest BCUT2D eigenvalue weighted by molar-refractivity contribution is 5.81. The summed E-state index contributed by atoms with van der Waals surface area (Å²) in [6.45, 7) is 2.46. The largest absolute Gasteiger partial charge is 0.389 e. The highest BCUT2D eigenvalue weighted by atomic mass is 16.5. The first-order valence-corrected chi connectivity index (χ1v) is 5.20. The molecule has 15 heavy (non-hydrogen) atoms. The number of hydrogen-bond acceptors (Lipinski definition) is 4. The summed E-state index contributed by atoms with van der Waals surface area (Å²) in [6.07, 6.45) is 0.892. The van der Waals surface area contributed by atoms with Gasteiger partial charge in [-0.15, -0.1) is 0 Å². The first kappa shape index (κ1) is 14.3. The van der Waals surface area contributed by atoms with Crippen LogP contribution in [0.15, 0.2) is 0 Å². The maximum atomic E-state index is 11.6. The van der Waals surface area contributed by atoms with Gasteiger partial charge in [-0.25, -0.2) is 0 Å². The van der Waals surface area contributed by atoms with Crippen molar-refractivity contribution in [1.82, 2.24) is 4.90 Å². The Morgan fingerprint density at radius 1 is 1.60 bits per heavy atom. The van der Waals surface area contributed by atoms with Crippen molar-refractivity contribution < 1.29 is 14.6 Å². The fourth-order valence-electron chi connectivity index (χ4n) is 1.37. The topological polar surface area (TPSA) is 75.8 Å². The second kappa shape index (κ2) is 7.62. The molecule has 0 aromatic heterocycles. The van der Waals surface area contributed by atoms with Crippen LogP contribution in [0, 0.1) is 0 Å². The molecule has 0 aliphatic rings. The third-order valence-corrected chi connectivity index (χ3v) is 2.14. The number of nitrogens with two attached hydrogens (primary N) is 1. The summed E-state index contributed by atoms with van der Waals surface area (Å²) >= 11 is 0. The second-order valence-corrected chi connectivity index (χ2v) is 3.72. The summed E-state index contributed by atoms with van der Waals surface area (Å²) in [4.78, 5) is 13.1. The number of nitrogens with zero attached hydrogens (tertiary/aromatic N) is 1. The summed E-state index contributed by atoms with van der Waals surface area (Å²) < 4.78 is 4.77. The van der Waals surface area contributed by atoms with Gasteiger partial charge in [0.25, 0.3) is 0 Å². The van der Waals surface area contributed by atoms with Crippen LogP contribution in [0.3, 0.4) is 0 Å². The summed E-state index contributed by atoms with van der Waals surface area (Å²) in [6, 6.07) is -0.463. The number of carbonyl (C=O) groups is 1. The molecule has 0 bridgehead atoms. The first-order chi connectivity index (χ1) is 7.02. The third-order valence-electron chi connectivity index (χ3n) is 2.14. The van der Waals surface area contributed by atoms with E-state index in [1.807, 2.05) is 6.92 Å². The van der Waals surface area contributed by atoms with E-state index in [0.717, 1.165) is 6.42 Å². The lowest BCUT2D eigenvalue weighted by atomic mass is 10.1. The molecule has 0 aromatic carbocycles. The maximum Gasteiger partial charge on any atom is 0.239 e. The van der Waals surface area contributed by atoms with Crippen LogP contribution in [-0.4, -0.2) is 55.4 Å². The lowest BCUT2D eigenvalue weighted by Crippen LogP contribution is -2.45. The molecule has 0 heterocycles. The molecule has 2 atom stereocenters. The Balaban J connectivity index is 3.97. The zero-order valence-electron chi connectivity index (χ0n) is 9.77. The molecule has 0 rings (SSSR count). The van der Waals surface area contributed by atoms with Crippen LogP contribution in [-0.2, 0) is 9.53 Å². The maximum absolute atomic E-state index is 11.6. The molecule has 0 saturated carbocycles. The van der Waals surface area contributed by atoms with Gasteiger partial charge in [0, 0.05) is 20.7 Å². The SMILES string of the molecule is CCC[C@@H](N)C(=O)N(C)CC(O)COC. The highest BCUT2D eigenvalue weighted by Crippen LogP contribution is 1.99. The van der Waals surface area contributed by atoms with Crippen molar-refractivity contribution in [2.75, 3.05) is 27.3 Å². The van der Waals surface area contributed by atoms with Crippen LogP contribution in [0.4, 0.5) is 0 Å². The van der Waals surface area contributed by atoms with E-state index in [9.17, 15) is 9.90 Å².